The molecule has 7 nitrogen and oxygen atoms in total. The van der Waals surface area contributed by atoms with E-state index in [4.69, 9.17) is 9.47 Å². The Morgan fingerprint density at radius 1 is 0.929 bits per heavy atom. The van der Waals surface area contributed by atoms with Gasteiger partial charge >= 0.3 is 5.91 Å². The third kappa shape index (κ3) is 4.97. The van der Waals surface area contributed by atoms with E-state index in [1.807, 2.05) is 30.3 Å². The second kappa shape index (κ2) is 11.1. The highest BCUT2D eigenvalue weighted by molar-refractivity contribution is 7.22. The van der Waals surface area contributed by atoms with Crippen LogP contribution in [0.1, 0.15) is 22.7 Å². The zero-order valence-electron chi connectivity index (χ0n) is 22.1. The number of carbonyl (C=O) groups is 2. The Morgan fingerprint density at radius 2 is 1.67 bits per heavy atom. The normalized spacial score (nSPS) is 16.3. The van der Waals surface area contributed by atoms with Gasteiger partial charge in [-0.05, 0) is 65.7 Å². The van der Waals surface area contributed by atoms with Gasteiger partial charge in [-0.2, -0.15) is 0 Å². The summed E-state index contributed by atoms with van der Waals surface area (Å²) < 4.78 is 39.6. The molecule has 0 aliphatic carbocycles. The second-order valence-corrected chi connectivity index (χ2v) is 10.5. The van der Waals surface area contributed by atoms with Crippen LogP contribution in [-0.2, 0) is 16.2 Å². The number of anilines is 1. The Labute approximate surface area is 242 Å². The quantitative estimate of drug-likeness (QED) is 0.129. The molecule has 1 amide bonds. The fourth-order valence-electron chi connectivity index (χ4n) is 4.81. The van der Waals surface area contributed by atoms with Gasteiger partial charge in [-0.15, -0.1) is 0 Å². The van der Waals surface area contributed by atoms with Crippen LogP contribution in [0.2, 0.25) is 0 Å². The van der Waals surface area contributed by atoms with Crippen molar-refractivity contribution in [2.75, 3.05) is 12.0 Å². The number of carbonyl (C=O) groups excluding carboxylic acids is 2. The summed E-state index contributed by atoms with van der Waals surface area (Å²) in [5.74, 6) is -2.58. The molecule has 0 radical (unpaired) electrons. The lowest BCUT2D eigenvalue weighted by atomic mass is 9.95. The van der Waals surface area contributed by atoms with Crippen molar-refractivity contribution >= 4 is 44.1 Å². The number of thiazole rings is 1. The molecule has 5 aromatic rings. The van der Waals surface area contributed by atoms with Gasteiger partial charge in [0.15, 0.2) is 16.6 Å². The maximum Gasteiger partial charge on any atom is 0.301 e. The molecule has 1 aromatic heterocycles. The van der Waals surface area contributed by atoms with Crippen LogP contribution in [0.25, 0.3) is 16.0 Å². The van der Waals surface area contributed by atoms with Crippen LogP contribution in [0.15, 0.2) is 96.6 Å². The lowest BCUT2D eigenvalue weighted by Gasteiger charge is -2.24. The summed E-state index contributed by atoms with van der Waals surface area (Å²) in [5, 5.41) is 11.4. The minimum atomic E-state index is -1.13. The monoisotopic (exact) mass is 584 g/mol. The first kappa shape index (κ1) is 27.1. The minimum absolute atomic E-state index is 0.143. The van der Waals surface area contributed by atoms with Crippen LogP contribution < -0.4 is 14.4 Å². The predicted molar refractivity (Wildman–Crippen MR) is 155 cm³/mol. The number of hydrogen-bond acceptors (Lipinski definition) is 7. The van der Waals surface area contributed by atoms with Gasteiger partial charge in [0.2, 0.25) is 0 Å². The van der Waals surface area contributed by atoms with E-state index in [1.54, 1.807) is 18.2 Å². The first-order valence-electron chi connectivity index (χ1n) is 12.8. The molecule has 0 spiro atoms. The number of aliphatic hydroxyl groups is 1. The van der Waals surface area contributed by atoms with Crippen LogP contribution >= 0.6 is 11.3 Å². The molecular weight excluding hydrogens is 562 g/mol. The van der Waals surface area contributed by atoms with E-state index < -0.39 is 35.1 Å². The molecule has 1 aliphatic rings. The van der Waals surface area contributed by atoms with Gasteiger partial charge in [0.25, 0.3) is 5.78 Å². The number of rotatable bonds is 7. The number of ether oxygens (including phenoxy) is 2. The molecule has 10 heteroatoms. The van der Waals surface area contributed by atoms with Crippen molar-refractivity contribution in [2.45, 2.75) is 12.6 Å². The highest BCUT2D eigenvalue weighted by Crippen LogP contribution is 2.46. The summed E-state index contributed by atoms with van der Waals surface area (Å²) in [6.45, 7) is 0.280. The summed E-state index contributed by atoms with van der Waals surface area (Å²) in [6.07, 6.45) is 0. The number of benzene rings is 4. The summed E-state index contributed by atoms with van der Waals surface area (Å²) in [5.41, 5.74) is 1.76. The summed E-state index contributed by atoms with van der Waals surface area (Å²) in [6, 6.07) is 22.3. The average molecular weight is 585 g/mol. The van der Waals surface area contributed by atoms with Gasteiger partial charge in [0.05, 0.1) is 28.9 Å². The topological polar surface area (TPSA) is 89.0 Å². The van der Waals surface area contributed by atoms with E-state index in [0.717, 1.165) is 29.0 Å². The molecular formula is C32H22F2N2O5S. The summed E-state index contributed by atoms with van der Waals surface area (Å²) >= 11 is 1.04. The molecule has 1 atom stereocenters. The van der Waals surface area contributed by atoms with Crippen molar-refractivity contribution in [3.05, 3.63) is 125 Å². The molecule has 1 aliphatic heterocycles. The van der Waals surface area contributed by atoms with Crippen molar-refractivity contribution in [1.29, 1.82) is 0 Å². The number of methoxy groups -OCH3 is 1. The van der Waals surface area contributed by atoms with Gasteiger partial charge < -0.3 is 14.6 Å². The number of hydrogen-bond donors (Lipinski definition) is 1. The van der Waals surface area contributed by atoms with E-state index in [-0.39, 0.29) is 22.9 Å². The van der Waals surface area contributed by atoms with E-state index >= 15 is 0 Å². The predicted octanol–water partition coefficient (Wildman–Crippen LogP) is 6.79. The fourth-order valence-corrected chi connectivity index (χ4v) is 5.82. The number of halogens is 2. The van der Waals surface area contributed by atoms with Crippen LogP contribution in [0.3, 0.4) is 0 Å². The number of ketones is 1. The highest BCUT2D eigenvalue weighted by Gasteiger charge is 2.48. The maximum atomic E-state index is 13.9. The Hall–Kier alpha value is -5.09. The lowest BCUT2D eigenvalue weighted by Crippen LogP contribution is -2.29. The molecule has 4 aromatic carbocycles. The molecule has 1 saturated heterocycles. The molecule has 2 heterocycles. The van der Waals surface area contributed by atoms with Crippen molar-refractivity contribution in [2.24, 2.45) is 0 Å². The molecule has 1 fully saturated rings. The van der Waals surface area contributed by atoms with Crippen molar-refractivity contribution < 1.29 is 33.0 Å². The number of amides is 1. The summed E-state index contributed by atoms with van der Waals surface area (Å²) in [4.78, 5) is 32.7. The van der Waals surface area contributed by atoms with Crippen LogP contribution in [0.5, 0.6) is 11.5 Å². The highest BCUT2D eigenvalue weighted by atomic mass is 32.1. The third-order valence-electron chi connectivity index (χ3n) is 6.85. The smallest absolute Gasteiger partial charge is 0.301 e. The zero-order chi connectivity index (χ0) is 29.4. The van der Waals surface area contributed by atoms with Crippen LogP contribution in [0, 0.1) is 11.6 Å². The van der Waals surface area contributed by atoms with E-state index in [0.29, 0.717) is 27.3 Å². The standard InChI is InChI=1S/C32H22F2N2O5S/c1-40-25-15-20(9-14-24(25)41-17-18-5-3-2-4-6-18)28-27(29(37)19-7-10-21(33)11-8-19)30(38)31(39)36(28)32-35-23-13-12-22(34)16-26(23)42-32/h2-16,28,37H,17H2,1H3/b29-27+. The van der Waals surface area contributed by atoms with Gasteiger partial charge in [-0.1, -0.05) is 47.7 Å². The van der Waals surface area contributed by atoms with Crippen molar-refractivity contribution in [3.8, 4) is 11.5 Å². The van der Waals surface area contributed by atoms with E-state index in [2.05, 4.69) is 4.98 Å². The number of aromatic nitrogens is 1. The Bertz CT molecular complexity index is 1850. The molecule has 0 saturated carbocycles. The van der Waals surface area contributed by atoms with Crippen LogP contribution in [-0.4, -0.2) is 28.9 Å². The third-order valence-corrected chi connectivity index (χ3v) is 7.87. The van der Waals surface area contributed by atoms with E-state index in [1.165, 1.54) is 42.3 Å². The molecule has 0 bridgehead atoms. The van der Waals surface area contributed by atoms with E-state index in [9.17, 15) is 23.5 Å². The van der Waals surface area contributed by atoms with Crippen LogP contribution in [0.4, 0.5) is 13.9 Å². The maximum absolute atomic E-state index is 13.9. The Morgan fingerprint density at radius 3 is 2.40 bits per heavy atom. The van der Waals surface area contributed by atoms with Gasteiger partial charge in [0, 0.05) is 5.56 Å². The first-order chi connectivity index (χ1) is 20.3. The van der Waals surface area contributed by atoms with Crippen molar-refractivity contribution in [1.82, 2.24) is 4.98 Å². The van der Waals surface area contributed by atoms with Gasteiger partial charge in [-0.25, -0.2) is 13.8 Å². The minimum Gasteiger partial charge on any atom is -0.507 e. The first-order valence-corrected chi connectivity index (χ1v) is 13.6. The largest absolute Gasteiger partial charge is 0.507 e. The fraction of sp³-hybridized carbons (Fsp3) is 0.0938. The molecule has 1 N–H and O–H groups in total. The SMILES string of the molecule is COc1cc(C2/C(=C(\O)c3ccc(F)cc3)C(=O)C(=O)N2c2nc3ccc(F)cc3s2)ccc1OCc1ccccc1. The molecule has 6 rings (SSSR count). The molecule has 210 valence electrons. The van der Waals surface area contributed by atoms with Gasteiger partial charge in [0.1, 0.15) is 24.0 Å². The Kier molecular flexibility index (Phi) is 7.13. The Balaban J connectivity index is 1.48. The number of aliphatic hydroxyl groups excluding tert-OH is 1. The number of fused-ring (bicyclic) bond motifs is 1. The number of Topliss-reactive ketones (excluding diaryl/α,β-unsaturated/α-hetero) is 1. The second-order valence-electron chi connectivity index (χ2n) is 9.47. The zero-order valence-corrected chi connectivity index (χ0v) is 22.9. The van der Waals surface area contributed by atoms with Gasteiger partial charge in [-0.3, -0.25) is 14.5 Å². The number of nitrogens with zero attached hydrogens (tertiary/aromatic N) is 2. The molecule has 42 heavy (non-hydrogen) atoms. The summed E-state index contributed by atoms with van der Waals surface area (Å²) in [7, 11) is 1.46. The lowest BCUT2D eigenvalue weighted by molar-refractivity contribution is -0.132. The van der Waals surface area contributed by atoms with Crippen molar-refractivity contribution in [3.63, 3.8) is 0 Å². The molecule has 1 unspecified atom stereocenters. The average Bonchev–Trinajstić information content (AvgIpc) is 3.53.